The first-order chi connectivity index (χ1) is 5.86. The lowest BCUT2D eigenvalue weighted by Gasteiger charge is -2.24. The fourth-order valence-corrected chi connectivity index (χ4v) is 0.616. The number of halogens is 2. The molecule has 0 rings (SSSR count). The highest BCUT2D eigenvalue weighted by Gasteiger charge is 2.44. The van der Waals surface area contributed by atoms with Crippen molar-refractivity contribution in [2.24, 2.45) is 0 Å². The van der Waals surface area contributed by atoms with E-state index in [1.165, 1.54) is 0 Å². The first-order valence-corrected chi connectivity index (χ1v) is 3.36. The predicted molar refractivity (Wildman–Crippen MR) is 36.1 cm³/mol. The molecule has 0 aromatic rings. The van der Waals surface area contributed by atoms with Crippen molar-refractivity contribution >= 4 is 6.29 Å². The van der Waals surface area contributed by atoms with Crippen LogP contribution in [-0.4, -0.2) is 57.6 Å². The Balaban J connectivity index is 4.40. The van der Waals surface area contributed by atoms with Gasteiger partial charge in [-0.25, -0.2) is 0 Å². The smallest absolute Gasteiger partial charge is 0.330 e. The Morgan fingerprint density at radius 2 is 1.77 bits per heavy atom. The number of rotatable bonds is 5. The highest BCUT2D eigenvalue weighted by Crippen LogP contribution is 2.19. The highest BCUT2D eigenvalue weighted by molar-refractivity contribution is 5.60. The summed E-state index contributed by atoms with van der Waals surface area (Å²) in [5.41, 5.74) is 0. The summed E-state index contributed by atoms with van der Waals surface area (Å²) < 4.78 is 24.6. The molecule has 0 aliphatic carbocycles. The third-order valence-corrected chi connectivity index (χ3v) is 1.46. The zero-order valence-electron chi connectivity index (χ0n) is 6.47. The fourth-order valence-electron chi connectivity index (χ4n) is 0.616. The molecule has 0 radical (unpaired) electrons. The Morgan fingerprint density at radius 3 is 2.08 bits per heavy atom. The minimum Gasteiger partial charge on any atom is -0.394 e. The van der Waals surface area contributed by atoms with Crippen molar-refractivity contribution in [1.82, 2.24) is 0 Å². The number of hydrogen-bond donors (Lipinski definition) is 4. The average molecular weight is 200 g/mol. The molecule has 0 bridgehead atoms. The number of carbonyl (C=O) groups is 1. The van der Waals surface area contributed by atoms with Gasteiger partial charge in [0.05, 0.1) is 6.61 Å². The molecule has 0 aliphatic heterocycles. The van der Waals surface area contributed by atoms with Crippen LogP contribution in [0.15, 0.2) is 0 Å². The van der Waals surface area contributed by atoms with E-state index in [9.17, 15) is 13.6 Å². The minimum atomic E-state index is -4.14. The molecule has 0 amide bonds. The van der Waals surface area contributed by atoms with Gasteiger partial charge in [-0.05, 0) is 0 Å². The van der Waals surface area contributed by atoms with E-state index in [1.807, 2.05) is 0 Å². The first kappa shape index (κ1) is 12.4. The summed E-state index contributed by atoms with van der Waals surface area (Å²) in [6.45, 7) is -0.993. The van der Waals surface area contributed by atoms with E-state index in [-0.39, 0.29) is 0 Å². The van der Waals surface area contributed by atoms with E-state index in [1.54, 1.807) is 0 Å². The number of alkyl halides is 2. The van der Waals surface area contributed by atoms with Crippen molar-refractivity contribution in [3.63, 3.8) is 0 Å². The van der Waals surface area contributed by atoms with Gasteiger partial charge in [0, 0.05) is 0 Å². The zero-order valence-corrected chi connectivity index (χ0v) is 6.47. The van der Waals surface area contributed by atoms with Crippen LogP contribution in [0, 0.1) is 0 Å². The van der Waals surface area contributed by atoms with Gasteiger partial charge >= 0.3 is 5.92 Å². The lowest BCUT2D eigenvalue weighted by Crippen LogP contribution is -2.50. The Kier molecular flexibility index (Phi) is 4.34. The normalized spacial score (nSPS) is 19.2. The number of aldehydes is 1. The predicted octanol–water partition coefficient (Wildman–Crippen LogP) is -2.10. The molecule has 0 aliphatic rings. The maximum Gasteiger partial charge on any atom is 0.330 e. The number of aliphatic hydroxyl groups excluding tert-OH is 4. The van der Waals surface area contributed by atoms with Crippen LogP contribution in [0.25, 0.3) is 0 Å². The molecular weight excluding hydrogens is 190 g/mol. The lowest BCUT2D eigenvalue weighted by molar-refractivity contribution is -0.177. The molecule has 0 heterocycles. The van der Waals surface area contributed by atoms with Gasteiger partial charge in [0.25, 0.3) is 0 Å². The van der Waals surface area contributed by atoms with Crippen LogP contribution in [0.1, 0.15) is 0 Å². The van der Waals surface area contributed by atoms with E-state index in [0.717, 1.165) is 0 Å². The molecule has 5 nitrogen and oxygen atoms in total. The van der Waals surface area contributed by atoms with Gasteiger partial charge in [-0.15, -0.1) is 0 Å². The monoisotopic (exact) mass is 200 g/mol. The third-order valence-electron chi connectivity index (χ3n) is 1.46. The summed E-state index contributed by atoms with van der Waals surface area (Å²) in [5, 5.41) is 34.3. The van der Waals surface area contributed by atoms with E-state index in [0.29, 0.717) is 0 Å². The third kappa shape index (κ3) is 2.96. The summed E-state index contributed by atoms with van der Waals surface area (Å²) in [5.74, 6) is -4.14. The van der Waals surface area contributed by atoms with Crippen LogP contribution in [0.2, 0.25) is 0 Å². The maximum absolute atomic E-state index is 12.3. The van der Waals surface area contributed by atoms with Crippen LogP contribution in [-0.2, 0) is 4.79 Å². The molecular formula is C6H10F2O5. The van der Waals surface area contributed by atoms with Crippen molar-refractivity contribution in [1.29, 1.82) is 0 Å². The van der Waals surface area contributed by atoms with Gasteiger partial charge < -0.3 is 20.4 Å². The molecule has 0 saturated carbocycles. The Hall–Kier alpha value is -0.630. The minimum absolute atomic E-state index is 0.842. The molecule has 13 heavy (non-hydrogen) atoms. The molecule has 0 aromatic carbocycles. The van der Waals surface area contributed by atoms with Crippen molar-refractivity contribution in [3.8, 4) is 0 Å². The SMILES string of the molecule is O=CC(F)(F)C(O)C(O)C(O)CO. The van der Waals surface area contributed by atoms with Crippen molar-refractivity contribution < 1.29 is 34.0 Å². The molecule has 4 N–H and O–H groups in total. The summed E-state index contributed by atoms with van der Waals surface area (Å²) in [6.07, 6.45) is -7.76. The largest absolute Gasteiger partial charge is 0.394 e. The lowest BCUT2D eigenvalue weighted by atomic mass is 10.0. The highest BCUT2D eigenvalue weighted by atomic mass is 19.3. The first-order valence-electron chi connectivity index (χ1n) is 3.36. The fraction of sp³-hybridized carbons (Fsp3) is 0.833. The molecule has 78 valence electrons. The van der Waals surface area contributed by atoms with E-state index in [2.05, 4.69) is 0 Å². The summed E-state index contributed by atoms with van der Waals surface area (Å²) in [6, 6.07) is 0. The Labute approximate surface area is 72.2 Å². The van der Waals surface area contributed by atoms with E-state index in [4.69, 9.17) is 20.4 Å². The molecule has 0 fully saturated rings. The molecule has 3 atom stereocenters. The van der Waals surface area contributed by atoms with Crippen molar-refractivity contribution in [3.05, 3.63) is 0 Å². The van der Waals surface area contributed by atoms with Crippen LogP contribution >= 0.6 is 0 Å². The van der Waals surface area contributed by atoms with E-state index >= 15 is 0 Å². The van der Waals surface area contributed by atoms with Gasteiger partial charge in [0.15, 0.2) is 12.4 Å². The molecule has 0 saturated heterocycles. The average Bonchev–Trinajstić information content (AvgIpc) is 2.14. The van der Waals surface area contributed by atoms with Gasteiger partial charge in [0.2, 0.25) is 0 Å². The van der Waals surface area contributed by atoms with Crippen LogP contribution < -0.4 is 0 Å². The topological polar surface area (TPSA) is 98.0 Å². The van der Waals surface area contributed by atoms with Gasteiger partial charge in [-0.2, -0.15) is 8.78 Å². The quantitative estimate of drug-likeness (QED) is 0.381. The second kappa shape index (κ2) is 4.56. The summed E-state index contributed by atoms with van der Waals surface area (Å²) in [7, 11) is 0. The molecule has 0 aromatic heterocycles. The van der Waals surface area contributed by atoms with Crippen molar-refractivity contribution in [2.75, 3.05) is 6.61 Å². The Morgan fingerprint density at radius 1 is 1.31 bits per heavy atom. The van der Waals surface area contributed by atoms with Gasteiger partial charge in [-0.3, -0.25) is 4.79 Å². The second-order valence-electron chi connectivity index (χ2n) is 2.48. The second-order valence-corrected chi connectivity index (χ2v) is 2.48. The molecule has 0 spiro atoms. The zero-order chi connectivity index (χ0) is 10.6. The molecule has 7 heteroatoms. The summed E-state index contributed by atoms with van der Waals surface area (Å²) >= 11 is 0. The summed E-state index contributed by atoms with van der Waals surface area (Å²) in [4.78, 5) is 9.72. The van der Waals surface area contributed by atoms with Gasteiger partial charge in [0.1, 0.15) is 12.2 Å². The number of carbonyl (C=O) groups excluding carboxylic acids is 1. The van der Waals surface area contributed by atoms with Crippen molar-refractivity contribution in [2.45, 2.75) is 24.2 Å². The maximum atomic E-state index is 12.3. The molecule has 3 unspecified atom stereocenters. The van der Waals surface area contributed by atoms with E-state index < -0.39 is 37.1 Å². The van der Waals surface area contributed by atoms with Crippen LogP contribution in [0.4, 0.5) is 8.78 Å². The van der Waals surface area contributed by atoms with Gasteiger partial charge in [-0.1, -0.05) is 0 Å². The number of hydrogen-bond acceptors (Lipinski definition) is 5. The Bertz CT molecular complexity index is 174. The number of aliphatic hydroxyl groups is 4. The standard InChI is InChI=1S/C6H10F2O5/c7-6(8,2-10)5(13)4(12)3(11)1-9/h2-5,9,11-13H,1H2. The van der Waals surface area contributed by atoms with Crippen LogP contribution in [0.5, 0.6) is 0 Å². The van der Waals surface area contributed by atoms with Crippen LogP contribution in [0.3, 0.4) is 0 Å².